The maximum Gasteiger partial charge on any atom is 0.261 e. The molecular formula is C17H27F2N3. The first-order valence-electron chi connectivity index (χ1n) is 7.98. The predicted octanol–water partition coefficient (Wildman–Crippen LogP) is 4.05. The van der Waals surface area contributed by atoms with E-state index in [1.165, 1.54) is 5.56 Å². The van der Waals surface area contributed by atoms with E-state index in [9.17, 15) is 8.78 Å². The van der Waals surface area contributed by atoms with Gasteiger partial charge in [-0.3, -0.25) is 4.90 Å². The second-order valence-electron chi connectivity index (χ2n) is 7.71. The van der Waals surface area contributed by atoms with Gasteiger partial charge in [0.25, 0.3) is 5.92 Å². The largest absolute Gasteiger partial charge is 0.290 e. The Hall–Kier alpha value is -1.10. The van der Waals surface area contributed by atoms with Gasteiger partial charge in [0.15, 0.2) is 0 Å². The lowest BCUT2D eigenvalue weighted by atomic mass is 9.84. The molecule has 1 fully saturated rings. The smallest absolute Gasteiger partial charge is 0.261 e. The summed E-state index contributed by atoms with van der Waals surface area (Å²) in [5.74, 6) is -1.57. The summed E-state index contributed by atoms with van der Waals surface area (Å²) in [7, 11) is 0. The quantitative estimate of drug-likeness (QED) is 0.843. The van der Waals surface area contributed by atoms with Crippen molar-refractivity contribution in [3.05, 3.63) is 22.8 Å². The molecule has 0 atom stereocenters. The Kier molecular flexibility index (Phi) is 4.58. The summed E-state index contributed by atoms with van der Waals surface area (Å²) < 4.78 is 26.7. The number of hydrogen-bond acceptors (Lipinski definition) is 3. The van der Waals surface area contributed by atoms with Gasteiger partial charge in [-0.25, -0.2) is 18.7 Å². The summed E-state index contributed by atoms with van der Waals surface area (Å²) in [4.78, 5) is 11.1. The van der Waals surface area contributed by atoms with Crippen LogP contribution in [0, 0.1) is 6.92 Å². The SMILES string of the molecule is Cc1nc(CN2CCC(F)(F)C2)nc(C(C)(C)C)c1C(C)C. The zero-order valence-electron chi connectivity index (χ0n) is 14.5. The van der Waals surface area contributed by atoms with E-state index in [4.69, 9.17) is 4.98 Å². The van der Waals surface area contributed by atoms with Crippen LogP contribution in [0.2, 0.25) is 0 Å². The first-order chi connectivity index (χ1) is 9.99. The highest BCUT2D eigenvalue weighted by molar-refractivity contribution is 5.33. The van der Waals surface area contributed by atoms with E-state index in [1.54, 1.807) is 4.90 Å². The summed E-state index contributed by atoms with van der Waals surface area (Å²) >= 11 is 0. The van der Waals surface area contributed by atoms with Crippen molar-refractivity contribution in [2.75, 3.05) is 13.1 Å². The summed E-state index contributed by atoms with van der Waals surface area (Å²) in [6.45, 7) is 13.3. The van der Waals surface area contributed by atoms with Gasteiger partial charge in [-0.05, 0) is 18.4 Å². The third kappa shape index (κ3) is 3.80. The first-order valence-corrected chi connectivity index (χ1v) is 7.98. The molecule has 1 aliphatic heterocycles. The lowest BCUT2D eigenvalue weighted by molar-refractivity contribution is 0.0113. The molecule has 2 heterocycles. The summed E-state index contributed by atoms with van der Waals surface area (Å²) in [5, 5.41) is 0. The summed E-state index contributed by atoms with van der Waals surface area (Å²) in [6, 6.07) is 0. The zero-order chi connectivity index (χ0) is 16.7. The first kappa shape index (κ1) is 17.3. The van der Waals surface area contributed by atoms with Gasteiger partial charge in [-0.15, -0.1) is 0 Å². The van der Waals surface area contributed by atoms with Crippen molar-refractivity contribution in [3.8, 4) is 0 Å². The fourth-order valence-electron chi connectivity index (χ4n) is 3.11. The average Bonchev–Trinajstić information content (AvgIpc) is 2.66. The van der Waals surface area contributed by atoms with E-state index in [1.807, 2.05) is 6.92 Å². The lowest BCUT2D eigenvalue weighted by Crippen LogP contribution is -2.27. The van der Waals surface area contributed by atoms with E-state index >= 15 is 0 Å². The second-order valence-corrected chi connectivity index (χ2v) is 7.71. The van der Waals surface area contributed by atoms with Gasteiger partial charge in [-0.1, -0.05) is 34.6 Å². The van der Waals surface area contributed by atoms with Crippen molar-refractivity contribution < 1.29 is 8.78 Å². The van der Waals surface area contributed by atoms with Crippen LogP contribution in [-0.2, 0) is 12.0 Å². The molecule has 0 unspecified atom stereocenters. The standard InChI is InChI=1S/C17H27F2N3/c1-11(2)14-12(3)20-13(21-15(14)16(4,5)6)9-22-8-7-17(18,19)10-22/h11H,7-10H2,1-6H3. The van der Waals surface area contributed by atoms with Crippen LogP contribution >= 0.6 is 0 Å². The molecular weight excluding hydrogens is 284 g/mol. The van der Waals surface area contributed by atoms with Gasteiger partial charge in [0.1, 0.15) is 5.82 Å². The number of aryl methyl sites for hydroxylation is 1. The van der Waals surface area contributed by atoms with E-state index in [0.717, 1.165) is 11.4 Å². The molecule has 5 heteroatoms. The van der Waals surface area contributed by atoms with E-state index in [0.29, 0.717) is 24.8 Å². The molecule has 3 nitrogen and oxygen atoms in total. The molecule has 1 aliphatic rings. The molecule has 1 saturated heterocycles. The topological polar surface area (TPSA) is 29.0 Å². The molecule has 0 aromatic carbocycles. The Bertz CT molecular complexity index is 548. The molecule has 0 bridgehead atoms. The van der Waals surface area contributed by atoms with Crippen molar-refractivity contribution in [2.24, 2.45) is 0 Å². The Morgan fingerprint density at radius 1 is 1.23 bits per heavy atom. The minimum atomic E-state index is -2.57. The van der Waals surface area contributed by atoms with Crippen LogP contribution in [0.4, 0.5) is 8.78 Å². The molecule has 0 N–H and O–H groups in total. The molecule has 0 saturated carbocycles. The Balaban J connectivity index is 2.33. The highest BCUT2D eigenvalue weighted by Gasteiger charge is 2.38. The van der Waals surface area contributed by atoms with Crippen LogP contribution in [0.15, 0.2) is 0 Å². The Labute approximate surface area is 132 Å². The van der Waals surface area contributed by atoms with Crippen molar-refractivity contribution in [2.45, 2.75) is 71.8 Å². The van der Waals surface area contributed by atoms with Crippen LogP contribution in [0.5, 0.6) is 0 Å². The number of likely N-dealkylation sites (tertiary alicyclic amines) is 1. The molecule has 0 aliphatic carbocycles. The minimum Gasteiger partial charge on any atom is -0.290 e. The van der Waals surface area contributed by atoms with Gasteiger partial charge >= 0.3 is 0 Å². The average molecular weight is 311 g/mol. The van der Waals surface area contributed by atoms with Crippen LogP contribution < -0.4 is 0 Å². The van der Waals surface area contributed by atoms with Crippen molar-refractivity contribution in [1.29, 1.82) is 0 Å². The number of alkyl halides is 2. The van der Waals surface area contributed by atoms with Crippen LogP contribution in [0.25, 0.3) is 0 Å². The normalized spacial score (nSPS) is 19.1. The Morgan fingerprint density at radius 2 is 1.86 bits per heavy atom. The molecule has 124 valence electrons. The van der Waals surface area contributed by atoms with Gasteiger partial charge in [0, 0.05) is 24.1 Å². The number of aromatic nitrogens is 2. The van der Waals surface area contributed by atoms with E-state index < -0.39 is 5.92 Å². The maximum atomic E-state index is 13.3. The number of hydrogen-bond donors (Lipinski definition) is 0. The van der Waals surface area contributed by atoms with Crippen molar-refractivity contribution in [3.63, 3.8) is 0 Å². The van der Waals surface area contributed by atoms with Crippen LogP contribution in [0.3, 0.4) is 0 Å². The van der Waals surface area contributed by atoms with Crippen molar-refractivity contribution >= 4 is 0 Å². The molecule has 1 aromatic rings. The third-order valence-corrected chi connectivity index (χ3v) is 4.08. The van der Waals surface area contributed by atoms with Gasteiger partial charge in [-0.2, -0.15) is 0 Å². The number of rotatable bonds is 3. The molecule has 0 spiro atoms. The van der Waals surface area contributed by atoms with Gasteiger partial charge in [0.2, 0.25) is 0 Å². The fourth-order valence-corrected chi connectivity index (χ4v) is 3.11. The van der Waals surface area contributed by atoms with Gasteiger partial charge in [0.05, 0.1) is 18.8 Å². The monoisotopic (exact) mass is 311 g/mol. The Morgan fingerprint density at radius 3 is 2.32 bits per heavy atom. The number of nitrogens with zero attached hydrogens (tertiary/aromatic N) is 3. The zero-order valence-corrected chi connectivity index (χ0v) is 14.5. The van der Waals surface area contributed by atoms with E-state index in [-0.39, 0.29) is 18.4 Å². The highest BCUT2D eigenvalue weighted by atomic mass is 19.3. The molecule has 2 rings (SSSR count). The van der Waals surface area contributed by atoms with E-state index in [2.05, 4.69) is 39.6 Å². The molecule has 1 aromatic heterocycles. The highest BCUT2D eigenvalue weighted by Crippen LogP contribution is 2.32. The maximum absolute atomic E-state index is 13.3. The number of halogens is 2. The second kappa shape index (κ2) is 5.84. The van der Waals surface area contributed by atoms with Crippen molar-refractivity contribution in [1.82, 2.24) is 14.9 Å². The predicted molar refractivity (Wildman–Crippen MR) is 84.4 cm³/mol. The molecule has 0 radical (unpaired) electrons. The van der Waals surface area contributed by atoms with Crippen LogP contribution in [0.1, 0.15) is 69.7 Å². The summed E-state index contributed by atoms with van der Waals surface area (Å²) in [6.07, 6.45) is -0.0673. The minimum absolute atomic E-state index is 0.0673. The molecule has 22 heavy (non-hydrogen) atoms. The van der Waals surface area contributed by atoms with Crippen LogP contribution in [-0.4, -0.2) is 33.9 Å². The lowest BCUT2D eigenvalue weighted by Gasteiger charge is -2.26. The fraction of sp³-hybridized carbons (Fsp3) is 0.765. The summed E-state index contributed by atoms with van der Waals surface area (Å²) in [5.41, 5.74) is 3.10. The van der Waals surface area contributed by atoms with Gasteiger partial charge < -0.3 is 0 Å². The molecule has 0 amide bonds. The third-order valence-electron chi connectivity index (χ3n) is 4.08.